The second kappa shape index (κ2) is 5.81. The monoisotopic (exact) mass is 401 g/mol. The number of ether oxygens (including phenoxy) is 1. The first-order valence-corrected chi connectivity index (χ1v) is 9.16. The van der Waals surface area contributed by atoms with Crippen LogP contribution in [-0.4, -0.2) is 33.3 Å². The first kappa shape index (κ1) is 16.0. The number of rotatable bonds is 1. The van der Waals surface area contributed by atoms with E-state index in [2.05, 4.69) is 26.6 Å². The molecule has 7 heteroatoms. The Balaban J connectivity index is 1.84. The number of alkyl halides is 1. The molecule has 1 aromatic heterocycles. The van der Waals surface area contributed by atoms with Gasteiger partial charge < -0.3 is 14.4 Å². The van der Waals surface area contributed by atoms with Gasteiger partial charge in [0.15, 0.2) is 5.60 Å². The minimum absolute atomic E-state index is 0.268. The lowest BCUT2D eigenvalue weighted by Crippen LogP contribution is -2.54. The van der Waals surface area contributed by atoms with Gasteiger partial charge in [-0.05, 0) is 24.3 Å². The summed E-state index contributed by atoms with van der Waals surface area (Å²) >= 11 is 3.53. The van der Waals surface area contributed by atoms with Crippen molar-refractivity contribution in [2.45, 2.75) is 29.8 Å². The van der Waals surface area contributed by atoms with Gasteiger partial charge in [-0.15, -0.1) is 0 Å². The SMILES string of the molecule is N#CC1CC2(CCN1C(=O)O)Oc1ccccc1-n1c(CBr)ccc12. The maximum absolute atomic E-state index is 11.4. The Kier molecular flexibility index (Phi) is 3.73. The predicted octanol–water partition coefficient (Wildman–Crippen LogP) is 3.63. The number of hydrogen-bond acceptors (Lipinski definition) is 3. The van der Waals surface area contributed by atoms with Crippen molar-refractivity contribution in [3.05, 3.63) is 47.8 Å². The minimum atomic E-state index is -1.06. The number of nitriles is 1. The molecule has 1 spiro atoms. The van der Waals surface area contributed by atoms with Gasteiger partial charge >= 0.3 is 6.09 Å². The van der Waals surface area contributed by atoms with Crippen LogP contribution in [0.25, 0.3) is 5.69 Å². The molecule has 2 atom stereocenters. The summed E-state index contributed by atoms with van der Waals surface area (Å²) in [5.74, 6) is 0.758. The summed E-state index contributed by atoms with van der Waals surface area (Å²) in [6.07, 6.45) is -0.234. The number of amides is 1. The summed E-state index contributed by atoms with van der Waals surface area (Å²) < 4.78 is 8.56. The number of benzene rings is 1. The third-order valence-corrected chi connectivity index (χ3v) is 5.60. The lowest BCUT2D eigenvalue weighted by molar-refractivity contribution is -0.0224. The molecule has 0 radical (unpaired) electrons. The van der Waals surface area contributed by atoms with E-state index in [1.807, 2.05) is 36.4 Å². The molecular formula is C18H16BrN3O3. The fourth-order valence-corrected chi connectivity index (χ4v) is 4.30. The maximum atomic E-state index is 11.4. The van der Waals surface area contributed by atoms with Crippen molar-refractivity contribution in [1.29, 1.82) is 5.26 Å². The van der Waals surface area contributed by atoms with Crippen LogP contribution in [0.15, 0.2) is 36.4 Å². The molecule has 1 fully saturated rings. The fourth-order valence-electron chi connectivity index (χ4n) is 3.87. The summed E-state index contributed by atoms with van der Waals surface area (Å²) in [4.78, 5) is 12.6. The van der Waals surface area contributed by atoms with Crippen LogP contribution in [0.4, 0.5) is 4.79 Å². The maximum Gasteiger partial charge on any atom is 0.408 e. The highest BCUT2D eigenvalue weighted by Gasteiger charge is 2.49. The molecular weight excluding hydrogens is 386 g/mol. The number of carbonyl (C=O) groups is 1. The van der Waals surface area contributed by atoms with Gasteiger partial charge in [0.1, 0.15) is 11.8 Å². The van der Waals surface area contributed by atoms with E-state index < -0.39 is 17.7 Å². The Morgan fingerprint density at radius 3 is 2.92 bits per heavy atom. The summed E-state index contributed by atoms with van der Waals surface area (Å²) in [5, 5.41) is 19.5. The quantitative estimate of drug-likeness (QED) is 0.739. The van der Waals surface area contributed by atoms with Gasteiger partial charge in [0, 0.05) is 30.4 Å². The molecule has 0 aliphatic carbocycles. The number of aromatic nitrogens is 1. The van der Waals surface area contributed by atoms with Gasteiger partial charge in [0.2, 0.25) is 0 Å². The molecule has 1 N–H and O–H groups in total. The first-order valence-electron chi connectivity index (χ1n) is 8.04. The number of piperidine rings is 1. The van der Waals surface area contributed by atoms with Gasteiger partial charge in [-0.25, -0.2) is 4.79 Å². The highest BCUT2D eigenvalue weighted by molar-refractivity contribution is 9.08. The molecule has 2 aliphatic heterocycles. The van der Waals surface area contributed by atoms with Crippen LogP contribution in [0.5, 0.6) is 5.75 Å². The Morgan fingerprint density at radius 1 is 1.40 bits per heavy atom. The van der Waals surface area contributed by atoms with Gasteiger partial charge in [-0.1, -0.05) is 28.1 Å². The van der Waals surface area contributed by atoms with Crippen LogP contribution < -0.4 is 4.74 Å². The van der Waals surface area contributed by atoms with E-state index >= 15 is 0 Å². The van der Waals surface area contributed by atoms with E-state index in [4.69, 9.17) is 4.74 Å². The van der Waals surface area contributed by atoms with Gasteiger partial charge in [-0.2, -0.15) is 5.26 Å². The Bertz CT molecular complexity index is 888. The standard InChI is InChI=1S/C18H16BrN3O3/c19-10-12-5-6-16-18(7-8-21(17(23)24)13(9-18)11-20)25-15-4-2-1-3-14(15)22(12)16/h1-6,13H,7-10H2,(H,23,24). The van der Waals surface area contributed by atoms with Crippen molar-refractivity contribution >= 4 is 22.0 Å². The summed E-state index contributed by atoms with van der Waals surface area (Å²) in [7, 11) is 0. The van der Waals surface area contributed by atoms with Crippen LogP contribution >= 0.6 is 15.9 Å². The molecule has 3 heterocycles. The Hall–Kier alpha value is -2.46. The van der Waals surface area contributed by atoms with E-state index in [1.54, 1.807) is 0 Å². The molecule has 4 rings (SSSR count). The minimum Gasteiger partial charge on any atom is -0.479 e. The van der Waals surface area contributed by atoms with Crippen LogP contribution in [-0.2, 0) is 10.9 Å². The summed E-state index contributed by atoms with van der Waals surface area (Å²) in [6, 6.07) is 13.3. The summed E-state index contributed by atoms with van der Waals surface area (Å²) in [6.45, 7) is 0.268. The number of likely N-dealkylation sites (tertiary alicyclic amines) is 1. The second-order valence-electron chi connectivity index (χ2n) is 6.32. The van der Waals surface area contributed by atoms with E-state index in [-0.39, 0.29) is 6.54 Å². The molecule has 25 heavy (non-hydrogen) atoms. The van der Waals surface area contributed by atoms with Crippen molar-refractivity contribution in [2.24, 2.45) is 0 Å². The molecule has 6 nitrogen and oxygen atoms in total. The number of nitrogens with zero attached hydrogens (tertiary/aromatic N) is 3. The lowest BCUT2D eigenvalue weighted by Gasteiger charge is -2.46. The predicted molar refractivity (Wildman–Crippen MR) is 94.1 cm³/mol. The Labute approximate surface area is 153 Å². The van der Waals surface area contributed by atoms with Gasteiger partial charge in [-0.3, -0.25) is 4.90 Å². The average Bonchev–Trinajstić information content (AvgIpc) is 3.07. The highest BCUT2D eigenvalue weighted by atomic mass is 79.9. The van der Waals surface area contributed by atoms with E-state index in [9.17, 15) is 15.2 Å². The van der Waals surface area contributed by atoms with Crippen LogP contribution in [0.3, 0.4) is 0 Å². The molecule has 1 saturated heterocycles. The molecule has 0 bridgehead atoms. The molecule has 1 aromatic carbocycles. The third kappa shape index (κ3) is 2.32. The van der Waals surface area contributed by atoms with Gasteiger partial charge in [0.05, 0.1) is 17.5 Å². The smallest absolute Gasteiger partial charge is 0.408 e. The number of para-hydroxylation sites is 2. The highest BCUT2D eigenvalue weighted by Crippen LogP contribution is 2.47. The van der Waals surface area contributed by atoms with E-state index in [1.165, 1.54) is 4.90 Å². The second-order valence-corrected chi connectivity index (χ2v) is 6.88. The topological polar surface area (TPSA) is 78.5 Å². The largest absolute Gasteiger partial charge is 0.479 e. The number of fused-ring (bicyclic) bond motifs is 4. The molecule has 0 saturated carbocycles. The van der Waals surface area contributed by atoms with Crippen molar-refractivity contribution in [1.82, 2.24) is 9.47 Å². The van der Waals surface area contributed by atoms with Crippen molar-refractivity contribution < 1.29 is 14.6 Å². The molecule has 2 aliphatic rings. The van der Waals surface area contributed by atoms with Crippen LogP contribution in [0.2, 0.25) is 0 Å². The van der Waals surface area contributed by atoms with Crippen molar-refractivity contribution in [3.8, 4) is 17.5 Å². The van der Waals surface area contributed by atoms with Crippen molar-refractivity contribution in [2.75, 3.05) is 6.54 Å². The fraction of sp³-hybridized carbons (Fsp3) is 0.333. The van der Waals surface area contributed by atoms with Crippen molar-refractivity contribution in [3.63, 3.8) is 0 Å². The first-order chi connectivity index (χ1) is 12.1. The molecule has 2 aromatic rings. The number of hydrogen-bond donors (Lipinski definition) is 1. The molecule has 2 unspecified atom stereocenters. The zero-order valence-corrected chi connectivity index (χ0v) is 14.9. The van der Waals surface area contributed by atoms with E-state index in [0.717, 1.165) is 22.8 Å². The van der Waals surface area contributed by atoms with E-state index in [0.29, 0.717) is 18.2 Å². The third-order valence-electron chi connectivity index (χ3n) is 5.03. The van der Waals surface area contributed by atoms with Gasteiger partial charge in [0.25, 0.3) is 0 Å². The average molecular weight is 402 g/mol. The summed E-state index contributed by atoms with van der Waals surface area (Å²) in [5.41, 5.74) is 2.35. The zero-order valence-electron chi connectivity index (χ0n) is 13.4. The zero-order chi connectivity index (χ0) is 17.6. The Morgan fingerprint density at radius 2 is 2.20 bits per heavy atom. The normalized spacial score (nSPS) is 24.2. The van der Waals surface area contributed by atoms with Crippen LogP contribution in [0, 0.1) is 11.3 Å². The number of halogens is 1. The molecule has 1 amide bonds. The lowest BCUT2D eigenvalue weighted by atomic mass is 9.83. The number of carboxylic acid groups (broad SMARTS) is 1. The van der Waals surface area contributed by atoms with Crippen LogP contribution in [0.1, 0.15) is 24.2 Å². The molecule has 128 valence electrons.